The van der Waals surface area contributed by atoms with Gasteiger partial charge in [-0.05, 0) is 26.0 Å². The molecular formula is C13H19BrO3. The van der Waals surface area contributed by atoms with Crippen LogP contribution in [0.2, 0.25) is 0 Å². The Morgan fingerprint density at radius 2 is 1.94 bits per heavy atom. The Hall–Kier alpha value is -0.740. The molecular weight excluding hydrogens is 284 g/mol. The van der Waals surface area contributed by atoms with Crippen LogP contribution in [0.3, 0.4) is 0 Å². The van der Waals surface area contributed by atoms with Crippen molar-refractivity contribution in [1.82, 2.24) is 0 Å². The van der Waals surface area contributed by atoms with E-state index < -0.39 is 0 Å². The fraction of sp³-hybridized carbons (Fsp3) is 0.538. The van der Waals surface area contributed by atoms with Gasteiger partial charge in [-0.15, -0.1) is 0 Å². The van der Waals surface area contributed by atoms with Crippen LogP contribution in [0.25, 0.3) is 0 Å². The fourth-order valence-electron chi connectivity index (χ4n) is 1.62. The van der Waals surface area contributed by atoms with Crippen LogP contribution in [0.4, 0.5) is 0 Å². The lowest BCUT2D eigenvalue weighted by Gasteiger charge is -2.21. The van der Waals surface area contributed by atoms with E-state index in [-0.39, 0.29) is 18.6 Å². The molecule has 1 aromatic rings. The molecule has 0 aromatic heterocycles. The molecule has 0 aliphatic rings. The van der Waals surface area contributed by atoms with E-state index in [1.54, 1.807) is 7.11 Å². The number of rotatable bonds is 5. The van der Waals surface area contributed by atoms with E-state index in [1.807, 2.05) is 32.9 Å². The number of aliphatic hydroxyl groups excluding tert-OH is 1. The largest absolute Gasteiger partial charge is 0.493 e. The zero-order valence-electron chi connectivity index (χ0n) is 10.7. The molecule has 17 heavy (non-hydrogen) atoms. The Labute approximate surface area is 111 Å². The predicted molar refractivity (Wildman–Crippen MR) is 72.0 cm³/mol. The molecule has 1 unspecified atom stereocenters. The van der Waals surface area contributed by atoms with Crippen molar-refractivity contribution in [3.63, 3.8) is 0 Å². The highest BCUT2D eigenvalue weighted by Gasteiger charge is 2.20. The highest BCUT2D eigenvalue weighted by Crippen LogP contribution is 2.41. The summed E-state index contributed by atoms with van der Waals surface area (Å²) in [5, 5.41) is 9.32. The lowest BCUT2D eigenvalue weighted by molar-refractivity contribution is 0.220. The molecule has 1 rings (SSSR count). The fourth-order valence-corrected chi connectivity index (χ4v) is 2.33. The van der Waals surface area contributed by atoms with Gasteiger partial charge >= 0.3 is 0 Å². The summed E-state index contributed by atoms with van der Waals surface area (Å²) in [5.74, 6) is 1.39. The topological polar surface area (TPSA) is 38.7 Å². The second-order valence-electron chi connectivity index (χ2n) is 4.24. The molecule has 0 spiro atoms. The van der Waals surface area contributed by atoms with Crippen molar-refractivity contribution in [2.75, 3.05) is 13.7 Å². The molecule has 0 aliphatic carbocycles. The first-order valence-corrected chi connectivity index (χ1v) is 6.44. The minimum Gasteiger partial charge on any atom is -0.493 e. The van der Waals surface area contributed by atoms with Gasteiger partial charge in [0, 0.05) is 22.6 Å². The summed E-state index contributed by atoms with van der Waals surface area (Å²) < 4.78 is 12.0. The Balaban J connectivity index is 3.31. The molecule has 1 N–H and O–H groups in total. The van der Waals surface area contributed by atoms with E-state index in [4.69, 9.17) is 9.47 Å². The van der Waals surface area contributed by atoms with Gasteiger partial charge in [0.05, 0.1) is 13.2 Å². The average Bonchev–Trinajstić information content (AvgIpc) is 2.28. The smallest absolute Gasteiger partial charge is 0.166 e. The van der Waals surface area contributed by atoms with Gasteiger partial charge in [-0.3, -0.25) is 0 Å². The second-order valence-corrected chi connectivity index (χ2v) is 5.10. The van der Waals surface area contributed by atoms with Crippen molar-refractivity contribution in [1.29, 1.82) is 0 Å². The van der Waals surface area contributed by atoms with E-state index >= 15 is 0 Å². The standard InChI is InChI=1S/C13H19BrO3/c1-8(2)17-13-11(16-4)6-5-10(14)12(13)9(3)7-15/h5-6,8-9,15H,7H2,1-4H3. The third-order valence-corrected chi connectivity index (χ3v) is 3.14. The van der Waals surface area contributed by atoms with Crippen LogP contribution in [-0.2, 0) is 0 Å². The second kappa shape index (κ2) is 6.26. The van der Waals surface area contributed by atoms with Crippen LogP contribution < -0.4 is 9.47 Å². The molecule has 0 amide bonds. The quantitative estimate of drug-likeness (QED) is 0.906. The van der Waals surface area contributed by atoms with E-state index in [0.29, 0.717) is 11.5 Å². The first-order chi connectivity index (χ1) is 8.01. The summed E-state index contributed by atoms with van der Waals surface area (Å²) in [5.41, 5.74) is 0.945. The van der Waals surface area contributed by atoms with E-state index in [0.717, 1.165) is 10.0 Å². The molecule has 0 saturated heterocycles. The maximum absolute atomic E-state index is 9.32. The first kappa shape index (κ1) is 14.3. The molecule has 0 radical (unpaired) electrons. The minimum absolute atomic E-state index is 0.00627. The minimum atomic E-state index is -0.00627. The number of aliphatic hydroxyl groups is 1. The summed E-state index contributed by atoms with van der Waals surface area (Å²) in [6.07, 6.45) is 0.0582. The molecule has 0 fully saturated rings. The first-order valence-electron chi connectivity index (χ1n) is 5.65. The predicted octanol–water partition coefficient (Wildman–Crippen LogP) is 3.34. The molecule has 96 valence electrons. The van der Waals surface area contributed by atoms with Gasteiger partial charge in [0.1, 0.15) is 0 Å². The van der Waals surface area contributed by atoms with E-state index in [2.05, 4.69) is 15.9 Å². The number of ether oxygens (including phenoxy) is 2. The SMILES string of the molecule is COc1ccc(Br)c(C(C)CO)c1OC(C)C. The van der Waals surface area contributed by atoms with Crippen molar-refractivity contribution in [2.24, 2.45) is 0 Å². The summed E-state index contributed by atoms with van der Waals surface area (Å²) in [7, 11) is 1.61. The monoisotopic (exact) mass is 302 g/mol. The molecule has 0 aliphatic heterocycles. The lowest BCUT2D eigenvalue weighted by Crippen LogP contribution is -2.11. The van der Waals surface area contributed by atoms with Gasteiger partial charge in [0.15, 0.2) is 11.5 Å². The number of hydrogen-bond donors (Lipinski definition) is 1. The summed E-state index contributed by atoms with van der Waals surface area (Å²) in [6, 6.07) is 3.77. The van der Waals surface area contributed by atoms with Crippen molar-refractivity contribution in [3.8, 4) is 11.5 Å². The third-order valence-electron chi connectivity index (χ3n) is 2.45. The van der Waals surface area contributed by atoms with Gasteiger partial charge in [0.25, 0.3) is 0 Å². The zero-order valence-corrected chi connectivity index (χ0v) is 12.2. The lowest BCUT2D eigenvalue weighted by atomic mass is 10.0. The van der Waals surface area contributed by atoms with Crippen LogP contribution in [0, 0.1) is 0 Å². The zero-order chi connectivity index (χ0) is 13.0. The van der Waals surface area contributed by atoms with Gasteiger partial charge < -0.3 is 14.6 Å². The number of halogens is 1. The number of methoxy groups -OCH3 is 1. The maximum Gasteiger partial charge on any atom is 0.166 e. The van der Waals surface area contributed by atoms with Crippen LogP contribution in [0.1, 0.15) is 32.3 Å². The number of benzene rings is 1. The summed E-state index contributed by atoms with van der Waals surface area (Å²) in [4.78, 5) is 0. The Kier molecular flexibility index (Phi) is 5.28. The average molecular weight is 303 g/mol. The maximum atomic E-state index is 9.32. The van der Waals surface area contributed by atoms with E-state index in [1.165, 1.54) is 0 Å². The van der Waals surface area contributed by atoms with Crippen molar-refractivity contribution >= 4 is 15.9 Å². The normalized spacial score (nSPS) is 12.6. The molecule has 1 aromatic carbocycles. The molecule has 4 heteroatoms. The molecule has 1 atom stereocenters. The van der Waals surface area contributed by atoms with Gasteiger partial charge in [-0.25, -0.2) is 0 Å². The number of hydrogen-bond acceptors (Lipinski definition) is 3. The van der Waals surface area contributed by atoms with Gasteiger partial charge in [0.2, 0.25) is 0 Å². The molecule has 0 heterocycles. The van der Waals surface area contributed by atoms with Crippen LogP contribution in [0.5, 0.6) is 11.5 Å². The van der Waals surface area contributed by atoms with Crippen LogP contribution in [0.15, 0.2) is 16.6 Å². The van der Waals surface area contributed by atoms with Crippen LogP contribution >= 0.6 is 15.9 Å². The van der Waals surface area contributed by atoms with Crippen molar-refractivity contribution in [3.05, 3.63) is 22.2 Å². The highest BCUT2D eigenvalue weighted by atomic mass is 79.9. The van der Waals surface area contributed by atoms with Crippen molar-refractivity contribution in [2.45, 2.75) is 32.8 Å². The molecule has 0 bridgehead atoms. The van der Waals surface area contributed by atoms with Crippen molar-refractivity contribution < 1.29 is 14.6 Å². The van der Waals surface area contributed by atoms with Crippen LogP contribution in [-0.4, -0.2) is 24.9 Å². The third kappa shape index (κ3) is 3.36. The Morgan fingerprint density at radius 1 is 1.29 bits per heavy atom. The Morgan fingerprint density at radius 3 is 2.41 bits per heavy atom. The molecule has 3 nitrogen and oxygen atoms in total. The summed E-state index contributed by atoms with van der Waals surface area (Å²) in [6.45, 7) is 5.95. The Bertz CT molecular complexity index is 377. The van der Waals surface area contributed by atoms with Gasteiger partial charge in [-0.1, -0.05) is 22.9 Å². The summed E-state index contributed by atoms with van der Waals surface area (Å²) >= 11 is 3.50. The van der Waals surface area contributed by atoms with Gasteiger partial charge in [-0.2, -0.15) is 0 Å². The molecule has 0 saturated carbocycles. The highest BCUT2D eigenvalue weighted by molar-refractivity contribution is 9.10. The van der Waals surface area contributed by atoms with E-state index in [9.17, 15) is 5.11 Å².